The molecule has 0 bridgehead atoms. The molecule has 1 aliphatic carbocycles. The van der Waals surface area contributed by atoms with Crippen molar-refractivity contribution in [2.24, 2.45) is 5.92 Å². The molecule has 0 radical (unpaired) electrons. The molecule has 26 heavy (non-hydrogen) atoms. The predicted molar refractivity (Wildman–Crippen MR) is 93.2 cm³/mol. The van der Waals surface area contributed by atoms with Crippen molar-refractivity contribution in [1.29, 1.82) is 0 Å². The van der Waals surface area contributed by atoms with Gasteiger partial charge in [-0.2, -0.15) is 10.2 Å². The van der Waals surface area contributed by atoms with Crippen LogP contribution in [0.15, 0.2) is 43.0 Å². The van der Waals surface area contributed by atoms with Crippen molar-refractivity contribution in [3.8, 4) is 0 Å². The molecule has 1 aliphatic heterocycles. The van der Waals surface area contributed by atoms with E-state index in [-0.39, 0.29) is 18.1 Å². The van der Waals surface area contributed by atoms with E-state index in [4.69, 9.17) is 9.47 Å². The maximum absolute atomic E-state index is 12.8. The molecule has 0 aromatic carbocycles. The van der Waals surface area contributed by atoms with Crippen molar-refractivity contribution in [3.63, 3.8) is 0 Å². The summed E-state index contributed by atoms with van der Waals surface area (Å²) < 4.78 is 11.8. The van der Waals surface area contributed by atoms with Crippen molar-refractivity contribution in [1.82, 2.24) is 20.1 Å². The smallest absolute Gasteiger partial charge is 0.255 e. The summed E-state index contributed by atoms with van der Waals surface area (Å²) in [6, 6.07) is 5.74. The van der Waals surface area contributed by atoms with Crippen molar-refractivity contribution in [3.05, 3.63) is 54.1 Å². The molecule has 0 spiro atoms. The van der Waals surface area contributed by atoms with Gasteiger partial charge in [-0.05, 0) is 42.5 Å². The minimum absolute atomic E-state index is 0.0107. The molecule has 1 saturated carbocycles. The molecule has 1 saturated heterocycles. The maximum Gasteiger partial charge on any atom is 0.255 e. The zero-order valence-electron chi connectivity index (χ0n) is 14.5. The first-order chi connectivity index (χ1) is 12.8. The van der Waals surface area contributed by atoms with Gasteiger partial charge in [-0.15, -0.1) is 0 Å². The summed E-state index contributed by atoms with van der Waals surface area (Å²) >= 11 is 0. The van der Waals surface area contributed by atoms with Crippen molar-refractivity contribution in [2.75, 3.05) is 19.8 Å². The summed E-state index contributed by atoms with van der Waals surface area (Å²) in [6.45, 7) is 2.46. The van der Waals surface area contributed by atoms with Crippen LogP contribution < -0.4 is 0 Å². The zero-order chi connectivity index (χ0) is 17.8. The number of hydrogen-bond donors (Lipinski definition) is 0. The number of rotatable bonds is 5. The van der Waals surface area contributed by atoms with E-state index in [1.54, 1.807) is 24.7 Å². The lowest BCUT2D eigenvalue weighted by atomic mass is 10.1. The largest absolute Gasteiger partial charge is 0.376 e. The number of pyridine rings is 1. The number of hydrogen-bond acceptors (Lipinski definition) is 6. The Balaban J connectivity index is 1.35. The van der Waals surface area contributed by atoms with E-state index in [1.165, 1.54) is 6.20 Å². The molecule has 1 amide bonds. The standard InChI is InChI=1S/C19H22N4O3/c24-19(16-3-6-21-22-11-16)23-7-8-26-18-10-15(9-17(18)23)13-25-12-14-1-4-20-5-2-14/h1-6,11,15,17-18H,7-10,12-13H2. The lowest BCUT2D eigenvalue weighted by molar-refractivity contribution is -0.0450. The summed E-state index contributed by atoms with van der Waals surface area (Å²) in [4.78, 5) is 18.8. The lowest BCUT2D eigenvalue weighted by Gasteiger charge is -2.37. The summed E-state index contributed by atoms with van der Waals surface area (Å²) in [5.41, 5.74) is 1.70. The third-order valence-electron chi connectivity index (χ3n) is 5.10. The van der Waals surface area contributed by atoms with E-state index in [9.17, 15) is 4.79 Å². The second kappa shape index (κ2) is 7.88. The fourth-order valence-corrected chi connectivity index (χ4v) is 3.84. The van der Waals surface area contributed by atoms with Gasteiger partial charge < -0.3 is 14.4 Å². The highest BCUT2D eigenvalue weighted by molar-refractivity contribution is 5.94. The van der Waals surface area contributed by atoms with Crippen molar-refractivity contribution in [2.45, 2.75) is 31.6 Å². The molecular formula is C19H22N4O3. The second-order valence-electron chi connectivity index (χ2n) is 6.81. The van der Waals surface area contributed by atoms with Gasteiger partial charge in [0.25, 0.3) is 5.91 Å². The fourth-order valence-electron chi connectivity index (χ4n) is 3.84. The molecule has 3 atom stereocenters. The molecule has 136 valence electrons. The van der Waals surface area contributed by atoms with E-state index in [1.807, 2.05) is 17.0 Å². The molecular weight excluding hydrogens is 332 g/mol. The highest BCUT2D eigenvalue weighted by Gasteiger charge is 2.43. The molecule has 3 unspecified atom stereocenters. The van der Waals surface area contributed by atoms with Gasteiger partial charge in [-0.25, -0.2) is 0 Å². The molecule has 3 heterocycles. The minimum Gasteiger partial charge on any atom is -0.376 e. The van der Waals surface area contributed by atoms with Crippen LogP contribution in [0.1, 0.15) is 28.8 Å². The van der Waals surface area contributed by atoms with Gasteiger partial charge in [-0.3, -0.25) is 9.78 Å². The van der Waals surface area contributed by atoms with Crippen LogP contribution >= 0.6 is 0 Å². The molecule has 2 fully saturated rings. The van der Waals surface area contributed by atoms with E-state index in [0.29, 0.717) is 37.8 Å². The van der Waals surface area contributed by atoms with E-state index in [0.717, 1.165) is 18.4 Å². The van der Waals surface area contributed by atoms with E-state index in [2.05, 4.69) is 15.2 Å². The Labute approximate surface area is 152 Å². The van der Waals surface area contributed by atoms with Crippen LogP contribution in [0.5, 0.6) is 0 Å². The SMILES string of the molecule is O=C(c1ccnnc1)N1CCOC2CC(COCc3ccncc3)CC21. The Morgan fingerprint density at radius 3 is 2.88 bits per heavy atom. The average molecular weight is 354 g/mol. The van der Waals surface area contributed by atoms with E-state index >= 15 is 0 Å². The molecule has 7 heteroatoms. The number of morpholine rings is 1. The fraction of sp³-hybridized carbons (Fsp3) is 0.474. The van der Waals surface area contributed by atoms with Crippen molar-refractivity contribution < 1.29 is 14.3 Å². The highest BCUT2D eigenvalue weighted by atomic mass is 16.5. The maximum atomic E-state index is 12.8. The van der Waals surface area contributed by atoms with Crippen LogP contribution in [-0.2, 0) is 16.1 Å². The average Bonchev–Trinajstić information content (AvgIpc) is 3.12. The zero-order valence-corrected chi connectivity index (χ0v) is 14.5. The van der Waals surface area contributed by atoms with Gasteiger partial charge in [0.15, 0.2) is 0 Å². The van der Waals surface area contributed by atoms with Gasteiger partial charge in [0.05, 0.1) is 49.9 Å². The normalized spacial score (nSPS) is 25.1. The number of carbonyl (C=O) groups excluding carboxylic acids is 1. The first-order valence-electron chi connectivity index (χ1n) is 8.97. The molecule has 2 aromatic rings. The Kier molecular flexibility index (Phi) is 5.17. The highest BCUT2D eigenvalue weighted by Crippen LogP contribution is 2.35. The number of carbonyl (C=O) groups is 1. The number of nitrogens with zero attached hydrogens (tertiary/aromatic N) is 4. The van der Waals surface area contributed by atoms with Gasteiger partial charge in [0.2, 0.25) is 0 Å². The summed E-state index contributed by atoms with van der Waals surface area (Å²) in [5.74, 6) is 0.410. The second-order valence-corrected chi connectivity index (χ2v) is 6.81. The monoisotopic (exact) mass is 354 g/mol. The third-order valence-corrected chi connectivity index (χ3v) is 5.10. The van der Waals surface area contributed by atoms with Crippen LogP contribution in [0.3, 0.4) is 0 Å². The van der Waals surface area contributed by atoms with Gasteiger partial charge >= 0.3 is 0 Å². The van der Waals surface area contributed by atoms with Crippen LogP contribution in [0, 0.1) is 5.92 Å². The Morgan fingerprint density at radius 2 is 2.08 bits per heavy atom. The van der Waals surface area contributed by atoms with Crippen LogP contribution in [0.4, 0.5) is 0 Å². The topological polar surface area (TPSA) is 77.4 Å². The Morgan fingerprint density at radius 1 is 1.19 bits per heavy atom. The van der Waals surface area contributed by atoms with Gasteiger partial charge in [0.1, 0.15) is 0 Å². The molecule has 2 aromatic heterocycles. The molecule has 7 nitrogen and oxygen atoms in total. The third kappa shape index (κ3) is 3.73. The minimum atomic E-state index is 0.0107. The lowest BCUT2D eigenvalue weighted by Crippen LogP contribution is -2.51. The van der Waals surface area contributed by atoms with Gasteiger partial charge in [-0.1, -0.05) is 0 Å². The van der Waals surface area contributed by atoms with Crippen LogP contribution in [0.25, 0.3) is 0 Å². The summed E-state index contributed by atoms with van der Waals surface area (Å²) in [6.07, 6.45) is 8.55. The summed E-state index contributed by atoms with van der Waals surface area (Å²) in [7, 11) is 0. The first-order valence-corrected chi connectivity index (χ1v) is 8.97. The van der Waals surface area contributed by atoms with Crippen LogP contribution in [0.2, 0.25) is 0 Å². The summed E-state index contributed by atoms with van der Waals surface area (Å²) in [5, 5.41) is 7.56. The Hall–Kier alpha value is -2.38. The number of ether oxygens (including phenoxy) is 2. The number of aromatic nitrogens is 3. The van der Waals surface area contributed by atoms with Crippen LogP contribution in [-0.4, -0.2) is 57.9 Å². The molecule has 0 N–H and O–H groups in total. The Bertz CT molecular complexity index is 728. The first kappa shape index (κ1) is 17.1. The van der Waals surface area contributed by atoms with E-state index < -0.39 is 0 Å². The van der Waals surface area contributed by atoms with Crippen molar-refractivity contribution >= 4 is 5.91 Å². The molecule has 4 rings (SSSR count). The predicted octanol–water partition coefficient (Wildman–Crippen LogP) is 1.71. The number of fused-ring (bicyclic) bond motifs is 1. The van der Waals surface area contributed by atoms with Gasteiger partial charge in [0, 0.05) is 18.9 Å². The number of amides is 1. The molecule has 2 aliphatic rings. The quantitative estimate of drug-likeness (QED) is 0.813.